The van der Waals surface area contributed by atoms with E-state index in [4.69, 9.17) is 0 Å². The van der Waals surface area contributed by atoms with Gasteiger partial charge in [-0.15, -0.1) is 11.3 Å². The molecule has 0 bridgehead atoms. The maximum absolute atomic E-state index is 4.54. The number of rotatable bonds is 4. The topological polar surface area (TPSA) is 53.1 Å². The van der Waals surface area contributed by atoms with Gasteiger partial charge >= 0.3 is 0 Å². The van der Waals surface area contributed by atoms with Gasteiger partial charge in [0.2, 0.25) is 0 Å². The minimum atomic E-state index is 0.645. The Kier molecular flexibility index (Phi) is 3.98. The monoisotopic (exact) mass is 317 g/mol. The van der Waals surface area contributed by atoms with Crippen LogP contribution >= 0.6 is 11.3 Å². The second kappa shape index (κ2) is 6.10. The van der Waals surface area contributed by atoms with Crippen molar-refractivity contribution in [3.05, 3.63) is 16.8 Å². The van der Waals surface area contributed by atoms with Crippen LogP contribution in [0.15, 0.2) is 6.33 Å². The molecule has 0 amide bonds. The average Bonchev–Trinajstić information content (AvgIpc) is 3.16. The van der Waals surface area contributed by atoms with Gasteiger partial charge in [-0.3, -0.25) is 4.90 Å². The summed E-state index contributed by atoms with van der Waals surface area (Å²) in [6.45, 7) is 7.65. The molecular weight excluding hydrogens is 294 g/mol. The van der Waals surface area contributed by atoms with E-state index in [1.165, 1.54) is 35.2 Å². The van der Waals surface area contributed by atoms with Gasteiger partial charge in [-0.1, -0.05) is 6.92 Å². The lowest BCUT2D eigenvalue weighted by molar-refractivity contribution is 0.277. The molecule has 118 valence electrons. The van der Waals surface area contributed by atoms with E-state index in [0.29, 0.717) is 6.04 Å². The third-order valence-corrected chi connectivity index (χ3v) is 6.06. The molecule has 2 N–H and O–H groups in total. The molecule has 4 rings (SSSR count). The molecular formula is C16H23N5S. The van der Waals surface area contributed by atoms with Crippen molar-refractivity contribution in [3.63, 3.8) is 0 Å². The Bertz CT molecular complexity index is 668. The van der Waals surface area contributed by atoms with Crippen LogP contribution in [0.5, 0.6) is 0 Å². The summed E-state index contributed by atoms with van der Waals surface area (Å²) < 4.78 is 0. The number of likely N-dealkylation sites (tertiary alicyclic amines) is 1. The van der Waals surface area contributed by atoms with Crippen LogP contribution < -0.4 is 10.6 Å². The summed E-state index contributed by atoms with van der Waals surface area (Å²) in [5, 5.41) is 8.34. The van der Waals surface area contributed by atoms with Crippen molar-refractivity contribution < 1.29 is 0 Å². The zero-order chi connectivity index (χ0) is 14.9. The summed E-state index contributed by atoms with van der Waals surface area (Å²) >= 11 is 1.81. The highest BCUT2D eigenvalue weighted by atomic mass is 32.1. The highest BCUT2D eigenvalue weighted by molar-refractivity contribution is 7.18. The number of nitrogens with one attached hydrogen (secondary N) is 2. The number of thiophene rings is 1. The van der Waals surface area contributed by atoms with Crippen molar-refractivity contribution in [3.8, 4) is 0 Å². The highest BCUT2D eigenvalue weighted by Gasteiger charge is 2.24. The molecule has 2 aliphatic heterocycles. The fraction of sp³-hybridized carbons (Fsp3) is 0.625. The van der Waals surface area contributed by atoms with Gasteiger partial charge in [-0.25, -0.2) is 9.97 Å². The Hall–Kier alpha value is -1.24. The molecule has 1 unspecified atom stereocenters. The fourth-order valence-corrected chi connectivity index (χ4v) is 4.91. The third-order valence-electron chi connectivity index (χ3n) is 4.92. The minimum Gasteiger partial charge on any atom is -0.368 e. The number of likely N-dealkylation sites (N-methyl/N-ethyl adjacent to an activating group) is 1. The molecule has 1 saturated heterocycles. The maximum Gasteiger partial charge on any atom is 0.138 e. The predicted molar refractivity (Wildman–Crippen MR) is 91.6 cm³/mol. The molecule has 0 saturated carbocycles. The molecule has 22 heavy (non-hydrogen) atoms. The number of fused-ring (bicyclic) bond motifs is 3. The predicted octanol–water partition coefficient (Wildman–Crippen LogP) is 2.23. The lowest BCUT2D eigenvalue weighted by Crippen LogP contribution is -2.34. The first-order valence-electron chi connectivity index (χ1n) is 8.30. The molecule has 2 aliphatic rings. The van der Waals surface area contributed by atoms with Crippen LogP contribution in [0.1, 0.15) is 30.2 Å². The first-order chi connectivity index (χ1) is 10.9. The average molecular weight is 317 g/mol. The van der Waals surface area contributed by atoms with Gasteiger partial charge in [0.1, 0.15) is 17.0 Å². The summed E-state index contributed by atoms with van der Waals surface area (Å²) in [7, 11) is 0. The fourth-order valence-electron chi connectivity index (χ4n) is 3.75. The van der Waals surface area contributed by atoms with E-state index >= 15 is 0 Å². The smallest absolute Gasteiger partial charge is 0.138 e. The SMILES string of the molecule is CCN1CCCC1CNc1ncnc2sc3c(c12)CCNC3. The van der Waals surface area contributed by atoms with Gasteiger partial charge in [0, 0.05) is 24.0 Å². The van der Waals surface area contributed by atoms with Crippen LogP contribution in [0.2, 0.25) is 0 Å². The molecule has 2 aromatic heterocycles. The largest absolute Gasteiger partial charge is 0.368 e. The van der Waals surface area contributed by atoms with Crippen molar-refractivity contribution in [2.75, 3.05) is 31.5 Å². The molecule has 0 spiro atoms. The zero-order valence-corrected chi connectivity index (χ0v) is 13.9. The number of nitrogens with zero attached hydrogens (tertiary/aromatic N) is 3. The summed E-state index contributed by atoms with van der Waals surface area (Å²) in [5.74, 6) is 1.03. The molecule has 0 aromatic carbocycles. The first kappa shape index (κ1) is 14.4. The van der Waals surface area contributed by atoms with E-state index in [9.17, 15) is 0 Å². The Morgan fingerprint density at radius 3 is 3.32 bits per heavy atom. The third kappa shape index (κ3) is 2.49. The van der Waals surface area contributed by atoms with Crippen LogP contribution in [-0.4, -0.2) is 47.1 Å². The standard InChI is InChI=1S/C16H23N5S/c1-2-21-7-3-4-11(21)8-18-15-14-12-5-6-17-9-13(12)22-16(14)20-10-19-15/h10-11,17H,2-9H2,1H3,(H,18,19,20). The molecule has 2 aromatic rings. The second-order valence-electron chi connectivity index (χ2n) is 6.14. The highest BCUT2D eigenvalue weighted by Crippen LogP contribution is 2.35. The van der Waals surface area contributed by atoms with Crippen molar-refractivity contribution in [1.29, 1.82) is 0 Å². The van der Waals surface area contributed by atoms with Crippen LogP contribution in [0, 0.1) is 0 Å². The van der Waals surface area contributed by atoms with Crippen molar-refractivity contribution in [2.24, 2.45) is 0 Å². The van der Waals surface area contributed by atoms with Crippen molar-refractivity contribution in [2.45, 2.75) is 38.8 Å². The molecule has 6 heteroatoms. The van der Waals surface area contributed by atoms with Gasteiger partial charge in [0.25, 0.3) is 0 Å². The lowest BCUT2D eigenvalue weighted by Gasteiger charge is -2.23. The van der Waals surface area contributed by atoms with E-state index in [2.05, 4.69) is 32.4 Å². The lowest BCUT2D eigenvalue weighted by atomic mass is 10.1. The van der Waals surface area contributed by atoms with E-state index < -0.39 is 0 Å². The quantitative estimate of drug-likeness (QED) is 0.906. The molecule has 5 nitrogen and oxygen atoms in total. The van der Waals surface area contributed by atoms with Gasteiger partial charge in [0.05, 0.1) is 5.39 Å². The summed E-state index contributed by atoms with van der Waals surface area (Å²) in [6.07, 6.45) is 5.40. The Labute approximate surface area is 135 Å². The normalized spacial score (nSPS) is 22.1. The van der Waals surface area contributed by atoms with Crippen molar-refractivity contribution >= 4 is 27.4 Å². The maximum atomic E-state index is 4.54. The number of aromatic nitrogens is 2. The van der Waals surface area contributed by atoms with E-state index in [-0.39, 0.29) is 0 Å². The van der Waals surface area contributed by atoms with E-state index in [1.54, 1.807) is 6.33 Å². The molecule has 4 heterocycles. The van der Waals surface area contributed by atoms with Gasteiger partial charge in [-0.2, -0.15) is 0 Å². The van der Waals surface area contributed by atoms with Gasteiger partial charge < -0.3 is 10.6 Å². The molecule has 0 radical (unpaired) electrons. The minimum absolute atomic E-state index is 0.645. The summed E-state index contributed by atoms with van der Waals surface area (Å²) in [5.41, 5.74) is 1.46. The first-order valence-corrected chi connectivity index (χ1v) is 9.12. The van der Waals surface area contributed by atoms with E-state index in [1.807, 2.05) is 11.3 Å². The number of hydrogen-bond acceptors (Lipinski definition) is 6. The van der Waals surface area contributed by atoms with Gasteiger partial charge in [0.15, 0.2) is 0 Å². The molecule has 1 fully saturated rings. The van der Waals surface area contributed by atoms with Crippen LogP contribution in [0.4, 0.5) is 5.82 Å². The van der Waals surface area contributed by atoms with Crippen molar-refractivity contribution in [1.82, 2.24) is 20.2 Å². The summed E-state index contributed by atoms with van der Waals surface area (Å²) in [6, 6.07) is 0.645. The van der Waals surface area contributed by atoms with Crippen LogP contribution in [0.3, 0.4) is 0 Å². The zero-order valence-electron chi connectivity index (χ0n) is 13.1. The van der Waals surface area contributed by atoms with Crippen LogP contribution in [-0.2, 0) is 13.0 Å². The number of anilines is 1. The Balaban J connectivity index is 1.60. The Morgan fingerprint density at radius 2 is 2.41 bits per heavy atom. The second-order valence-corrected chi connectivity index (χ2v) is 7.22. The van der Waals surface area contributed by atoms with Gasteiger partial charge in [-0.05, 0) is 44.5 Å². The molecule has 0 aliphatic carbocycles. The molecule has 1 atom stereocenters. The Morgan fingerprint density at radius 1 is 1.45 bits per heavy atom. The number of hydrogen-bond donors (Lipinski definition) is 2. The van der Waals surface area contributed by atoms with E-state index in [0.717, 1.165) is 43.2 Å². The summed E-state index contributed by atoms with van der Waals surface area (Å²) in [4.78, 5) is 14.2. The van der Waals surface area contributed by atoms with Crippen LogP contribution in [0.25, 0.3) is 10.2 Å².